The van der Waals surface area contributed by atoms with E-state index in [2.05, 4.69) is 23.8 Å². The Morgan fingerprint density at radius 3 is 1.32 bits per heavy atom. The maximum Gasteiger partial charge on any atom is 0.412 e. The average molecular weight is 561 g/mol. The Morgan fingerprint density at radius 1 is 0.658 bits per heavy atom. The van der Waals surface area contributed by atoms with Gasteiger partial charge in [-0.15, -0.1) is 0 Å². The van der Waals surface area contributed by atoms with E-state index in [-0.39, 0.29) is 37.4 Å². The molecule has 2 aromatic rings. The van der Waals surface area contributed by atoms with Crippen LogP contribution < -0.4 is 20.1 Å². The van der Waals surface area contributed by atoms with Gasteiger partial charge in [0.15, 0.2) is 0 Å². The Hall–Kier alpha value is -3.90. The molecule has 2 amide bonds. The third kappa shape index (κ3) is 11.9. The largest absolute Gasteiger partial charge is 0.460 e. The van der Waals surface area contributed by atoms with E-state index in [9.17, 15) is 19.2 Å². The third-order valence-electron chi connectivity index (χ3n) is 4.21. The molecule has 0 unspecified atom stereocenters. The van der Waals surface area contributed by atoms with Gasteiger partial charge < -0.3 is 29.6 Å². The molecular weight excluding hydrogens is 532 g/mol. The van der Waals surface area contributed by atoms with Crippen molar-refractivity contribution in [2.24, 2.45) is 0 Å². The molecule has 0 heterocycles. The zero-order valence-electron chi connectivity index (χ0n) is 20.9. The van der Waals surface area contributed by atoms with Gasteiger partial charge in [-0.3, -0.25) is 0 Å². The first-order valence-corrected chi connectivity index (χ1v) is 13.4. The van der Waals surface area contributed by atoms with Gasteiger partial charge in [-0.1, -0.05) is 34.7 Å². The molecule has 0 aliphatic rings. The summed E-state index contributed by atoms with van der Waals surface area (Å²) in [6, 6.07) is 13.9. The van der Waals surface area contributed by atoms with Crippen LogP contribution in [0.25, 0.3) is 0 Å². The fourth-order valence-corrected chi connectivity index (χ4v) is 4.28. The first-order chi connectivity index (χ1) is 18.1. The van der Waals surface area contributed by atoms with E-state index < -0.39 is 24.1 Å². The van der Waals surface area contributed by atoms with Crippen molar-refractivity contribution in [2.75, 3.05) is 26.3 Å². The summed E-state index contributed by atoms with van der Waals surface area (Å²) in [6.45, 7) is 10.3. The number of carbonyl (C=O) groups is 4. The molecule has 0 radical (unpaired) electrons. The number of benzene rings is 2. The second kappa shape index (κ2) is 16.0. The quantitative estimate of drug-likeness (QED) is 0.151. The standard InChI is InChI=1S/C26H28N2O8S2/c1-17(2)23(29)33-15-13-27-25(31)35-19-5-9-21(10-6-19)37-38-22-11-7-20(8-12-22)36-26(32)28-14-16-34-24(30)18(3)4/h5-12H,1,3,13-16H2,2,4H3,(H,27,31)(H,28,32). The molecular formula is C26H28N2O8S2. The number of rotatable bonds is 13. The van der Waals surface area contributed by atoms with Crippen LogP contribution in [0.4, 0.5) is 9.59 Å². The Balaban J connectivity index is 1.67. The van der Waals surface area contributed by atoms with Gasteiger partial charge in [-0.25, -0.2) is 19.2 Å². The predicted octanol–water partition coefficient (Wildman–Crippen LogP) is 4.90. The number of amides is 2. The van der Waals surface area contributed by atoms with Gasteiger partial charge in [-0.05, 0) is 62.4 Å². The number of hydrogen-bond donors (Lipinski definition) is 2. The first-order valence-electron chi connectivity index (χ1n) is 11.3. The summed E-state index contributed by atoms with van der Waals surface area (Å²) in [5.74, 6) is -0.306. The Kier molecular flexibility index (Phi) is 12.8. The van der Waals surface area contributed by atoms with Crippen molar-refractivity contribution in [2.45, 2.75) is 23.6 Å². The maximum atomic E-state index is 11.8. The summed E-state index contributed by atoms with van der Waals surface area (Å²) >= 11 is 0. The lowest BCUT2D eigenvalue weighted by Crippen LogP contribution is -2.30. The highest BCUT2D eigenvalue weighted by atomic mass is 33.1. The molecule has 0 aromatic heterocycles. The lowest BCUT2D eigenvalue weighted by molar-refractivity contribution is -0.139. The third-order valence-corrected chi connectivity index (χ3v) is 6.63. The SMILES string of the molecule is C=C(C)C(=O)OCCNC(=O)Oc1ccc(SSc2ccc(OC(=O)NCCOC(=O)C(=C)C)cc2)cc1. The summed E-state index contributed by atoms with van der Waals surface area (Å²) < 4.78 is 20.1. The minimum Gasteiger partial charge on any atom is -0.460 e. The molecule has 10 nitrogen and oxygen atoms in total. The zero-order chi connectivity index (χ0) is 27.9. The van der Waals surface area contributed by atoms with Crippen LogP contribution in [0.2, 0.25) is 0 Å². The molecule has 0 aliphatic heterocycles. The van der Waals surface area contributed by atoms with Crippen molar-refractivity contribution < 1.29 is 38.1 Å². The van der Waals surface area contributed by atoms with E-state index in [1.807, 2.05) is 24.3 Å². The van der Waals surface area contributed by atoms with Crippen molar-refractivity contribution in [1.29, 1.82) is 0 Å². The molecule has 0 saturated heterocycles. The van der Waals surface area contributed by atoms with E-state index in [4.69, 9.17) is 18.9 Å². The number of nitrogens with one attached hydrogen (secondary N) is 2. The van der Waals surface area contributed by atoms with Gasteiger partial charge in [0.2, 0.25) is 0 Å². The van der Waals surface area contributed by atoms with Gasteiger partial charge in [0, 0.05) is 20.9 Å². The normalized spacial score (nSPS) is 10.1. The lowest BCUT2D eigenvalue weighted by atomic mass is 10.3. The van der Waals surface area contributed by atoms with E-state index in [0.717, 1.165) is 9.79 Å². The van der Waals surface area contributed by atoms with Crippen LogP contribution >= 0.6 is 21.6 Å². The van der Waals surface area contributed by atoms with Crippen molar-refractivity contribution in [3.05, 3.63) is 72.8 Å². The molecule has 2 N–H and O–H groups in total. The molecule has 0 aliphatic carbocycles. The summed E-state index contributed by atoms with van der Waals surface area (Å²) in [5.41, 5.74) is 0.570. The fourth-order valence-electron chi connectivity index (χ4n) is 2.35. The minimum atomic E-state index is -0.659. The van der Waals surface area contributed by atoms with E-state index in [1.165, 1.54) is 35.4 Å². The predicted molar refractivity (Wildman–Crippen MR) is 144 cm³/mol. The molecule has 2 rings (SSSR count). The highest BCUT2D eigenvalue weighted by molar-refractivity contribution is 8.76. The second-order valence-electron chi connectivity index (χ2n) is 7.57. The first kappa shape index (κ1) is 30.3. The topological polar surface area (TPSA) is 129 Å². The van der Waals surface area contributed by atoms with Crippen molar-refractivity contribution in [1.82, 2.24) is 10.6 Å². The maximum absolute atomic E-state index is 11.8. The van der Waals surface area contributed by atoms with Crippen LogP contribution in [0.3, 0.4) is 0 Å². The molecule has 12 heteroatoms. The molecule has 0 atom stereocenters. The van der Waals surface area contributed by atoms with Crippen LogP contribution in [0, 0.1) is 0 Å². The van der Waals surface area contributed by atoms with E-state index >= 15 is 0 Å². The molecule has 0 fully saturated rings. The van der Waals surface area contributed by atoms with E-state index in [1.54, 1.807) is 24.3 Å². The van der Waals surface area contributed by atoms with Crippen LogP contribution in [0.5, 0.6) is 11.5 Å². The molecule has 202 valence electrons. The Bertz CT molecular complexity index is 1060. The lowest BCUT2D eigenvalue weighted by Gasteiger charge is -2.09. The summed E-state index contributed by atoms with van der Waals surface area (Å²) in [5, 5.41) is 4.98. The van der Waals surface area contributed by atoms with Crippen LogP contribution in [0.1, 0.15) is 13.8 Å². The number of hydrogen-bond acceptors (Lipinski definition) is 10. The highest BCUT2D eigenvalue weighted by Crippen LogP contribution is 2.38. The fraction of sp³-hybridized carbons (Fsp3) is 0.231. The Morgan fingerprint density at radius 2 is 1.00 bits per heavy atom. The van der Waals surface area contributed by atoms with Gasteiger partial charge in [-0.2, -0.15) is 0 Å². The molecule has 0 saturated carbocycles. The molecule has 0 spiro atoms. The smallest absolute Gasteiger partial charge is 0.412 e. The second-order valence-corrected chi connectivity index (χ2v) is 9.85. The highest BCUT2D eigenvalue weighted by Gasteiger charge is 2.08. The van der Waals surface area contributed by atoms with Crippen molar-refractivity contribution >= 4 is 45.7 Å². The van der Waals surface area contributed by atoms with Crippen LogP contribution in [-0.4, -0.2) is 50.4 Å². The van der Waals surface area contributed by atoms with Gasteiger partial charge in [0.1, 0.15) is 24.7 Å². The molecule has 0 bridgehead atoms. The Labute approximate surface area is 228 Å². The minimum absolute atomic E-state index is 0.0165. The van der Waals surface area contributed by atoms with Gasteiger partial charge in [0.05, 0.1) is 13.1 Å². The monoisotopic (exact) mass is 560 g/mol. The zero-order valence-corrected chi connectivity index (χ0v) is 22.6. The number of carbonyl (C=O) groups excluding carboxylic acids is 4. The number of esters is 2. The number of ether oxygens (including phenoxy) is 4. The van der Waals surface area contributed by atoms with Crippen LogP contribution in [0.15, 0.2) is 82.6 Å². The van der Waals surface area contributed by atoms with Crippen molar-refractivity contribution in [3.8, 4) is 11.5 Å². The average Bonchev–Trinajstić information content (AvgIpc) is 2.89. The summed E-state index contributed by atoms with van der Waals surface area (Å²) in [4.78, 5) is 48.1. The van der Waals surface area contributed by atoms with Crippen LogP contribution in [-0.2, 0) is 19.1 Å². The van der Waals surface area contributed by atoms with Gasteiger partial charge in [0.25, 0.3) is 0 Å². The summed E-state index contributed by atoms with van der Waals surface area (Å²) in [6.07, 6.45) is -1.32. The van der Waals surface area contributed by atoms with E-state index in [0.29, 0.717) is 11.5 Å². The summed E-state index contributed by atoms with van der Waals surface area (Å²) in [7, 11) is 3.00. The van der Waals surface area contributed by atoms with Gasteiger partial charge >= 0.3 is 24.1 Å². The molecule has 38 heavy (non-hydrogen) atoms. The van der Waals surface area contributed by atoms with Crippen molar-refractivity contribution in [3.63, 3.8) is 0 Å². The molecule has 2 aromatic carbocycles.